The molecule has 11 nitrogen and oxygen atoms in total. The third-order valence-corrected chi connectivity index (χ3v) is 8.94. The molecule has 5 rings (SSSR count). The summed E-state index contributed by atoms with van der Waals surface area (Å²) in [6, 6.07) is 19.2. The van der Waals surface area contributed by atoms with Gasteiger partial charge in [0.05, 0.1) is 11.1 Å². The predicted octanol–water partition coefficient (Wildman–Crippen LogP) is 5.98. The minimum absolute atomic E-state index is 0.114. The zero-order chi connectivity index (χ0) is 33.2. The molecule has 2 aromatic heterocycles. The van der Waals surface area contributed by atoms with Crippen LogP contribution in [0.15, 0.2) is 78.3 Å². The molecule has 1 aliphatic heterocycles. The Labute approximate surface area is 278 Å². The average Bonchev–Trinajstić information content (AvgIpc) is 3.83. The molecule has 1 atom stereocenters. The van der Waals surface area contributed by atoms with Crippen molar-refractivity contribution in [3.8, 4) is 5.75 Å². The van der Waals surface area contributed by atoms with Crippen LogP contribution >= 0.6 is 11.3 Å². The summed E-state index contributed by atoms with van der Waals surface area (Å²) in [6.07, 6.45) is 3.84. The van der Waals surface area contributed by atoms with Gasteiger partial charge in [-0.25, -0.2) is 14.6 Å². The zero-order valence-corrected chi connectivity index (χ0v) is 27.5. The molecular weight excluding hydrogens is 616 g/mol. The van der Waals surface area contributed by atoms with Crippen molar-refractivity contribution < 1.29 is 24.2 Å². The Balaban J connectivity index is 1.43. The van der Waals surface area contributed by atoms with Gasteiger partial charge in [-0.05, 0) is 67.8 Å². The van der Waals surface area contributed by atoms with Crippen molar-refractivity contribution in [3.05, 3.63) is 94.3 Å². The van der Waals surface area contributed by atoms with Gasteiger partial charge in [0.15, 0.2) is 5.82 Å². The van der Waals surface area contributed by atoms with Gasteiger partial charge in [-0.3, -0.25) is 4.79 Å². The fourth-order valence-corrected chi connectivity index (χ4v) is 6.11. The van der Waals surface area contributed by atoms with Crippen LogP contribution in [0.1, 0.15) is 47.5 Å². The first-order valence-electron chi connectivity index (χ1n) is 15.9. The highest BCUT2D eigenvalue weighted by molar-refractivity contribution is 7.12. The maximum Gasteiger partial charge on any atom is 0.415 e. The minimum atomic E-state index is -1.08. The van der Waals surface area contributed by atoms with Gasteiger partial charge in [-0.15, -0.1) is 11.3 Å². The summed E-state index contributed by atoms with van der Waals surface area (Å²) in [5, 5.41) is 15.3. The molecule has 1 saturated heterocycles. The fourth-order valence-electron chi connectivity index (χ4n) is 5.44. The number of hydrogen-bond acceptors (Lipinski definition) is 9. The SMILES string of the molecule is CCN(CC)c1ncc(N(CCc2ccccc2)C(=O)c2cccs2)c(N[C@@H](Cc2ccc(OC(=O)N3CCCC3)cc2)C(=O)O)n1. The lowest BCUT2D eigenvalue weighted by molar-refractivity contribution is -0.137. The number of carboxylic acid groups (broad SMARTS) is 1. The topological polar surface area (TPSA) is 128 Å². The molecule has 3 heterocycles. The molecule has 0 spiro atoms. The number of aliphatic carboxylic acids is 1. The van der Waals surface area contributed by atoms with Crippen molar-refractivity contribution in [2.75, 3.05) is 47.8 Å². The van der Waals surface area contributed by atoms with Gasteiger partial charge in [-0.2, -0.15) is 4.98 Å². The molecule has 4 aromatic rings. The molecule has 1 fully saturated rings. The fraction of sp³-hybridized carbons (Fsp3) is 0.343. The zero-order valence-electron chi connectivity index (χ0n) is 26.7. The molecule has 246 valence electrons. The van der Waals surface area contributed by atoms with Crippen LogP contribution in [0.5, 0.6) is 5.75 Å². The predicted molar refractivity (Wildman–Crippen MR) is 184 cm³/mol. The highest BCUT2D eigenvalue weighted by atomic mass is 32.1. The van der Waals surface area contributed by atoms with Crippen LogP contribution in [0.4, 0.5) is 22.2 Å². The number of carboxylic acids is 1. The number of ether oxygens (including phenoxy) is 1. The van der Waals surface area contributed by atoms with Crippen LogP contribution in [0.3, 0.4) is 0 Å². The number of carbonyl (C=O) groups excluding carboxylic acids is 2. The van der Waals surface area contributed by atoms with E-state index >= 15 is 0 Å². The first-order valence-corrected chi connectivity index (χ1v) is 16.8. The molecule has 0 saturated carbocycles. The van der Waals surface area contributed by atoms with Crippen LogP contribution < -0.4 is 19.9 Å². The molecule has 2 N–H and O–H groups in total. The molecule has 1 aliphatic rings. The number of likely N-dealkylation sites (tertiary alicyclic amines) is 1. The Morgan fingerprint density at radius 1 is 0.979 bits per heavy atom. The number of amides is 2. The van der Waals surface area contributed by atoms with Gasteiger partial charge >= 0.3 is 12.1 Å². The molecular formula is C35H40N6O5S. The average molecular weight is 657 g/mol. The first kappa shape index (κ1) is 33.4. The van der Waals surface area contributed by atoms with Gasteiger partial charge in [0.2, 0.25) is 5.95 Å². The minimum Gasteiger partial charge on any atom is -0.480 e. The van der Waals surface area contributed by atoms with Crippen molar-refractivity contribution in [3.63, 3.8) is 0 Å². The molecule has 2 amide bonds. The van der Waals surface area contributed by atoms with E-state index in [-0.39, 0.29) is 24.2 Å². The number of hydrogen-bond donors (Lipinski definition) is 2. The standard InChI is InChI=1S/C35H40N6O5S/c1-3-39(4-2)34-36-24-29(41(32(42)30-13-10-22-47-30)21-18-25-11-6-5-7-12-25)31(38-34)37-28(33(43)44)23-26-14-16-27(17-15-26)46-35(45)40-19-8-9-20-40/h5-7,10-17,22,24,28H,3-4,8-9,18-21,23H2,1-2H3,(H,43,44)(H,36,37,38)/t28-/m0/s1. The van der Waals surface area contributed by atoms with E-state index in [1.165, 1.54) is 11.3 Å². The van der Waals surface area contributed by atoms with Crippen LogP contribution in [0.2, 0.25) is 0 Å². The number of nitrogens with one attached hydrogen (secondary N) is 1. The number of aromatic nitrogens is 2. The molecule has 2 aromatic carbocycles. The van der Waals surface area contributed by atoms with Gasteiger partial charge in [0.25, 0.3) is 5.91 Å². The number of nitrogens with zero attached hydrogens (tertiary/aromatic N) is 5. The summed E-state index contributed by atoms with van der Waals surface area (Å²) >= 11 is 1.34. The summed E-state index contributed by atoms with van der Waals surface area (Å²) < 4.78 is 5.51. The summed E-state index contributed by atoms with van der Waals surface area (Å²) in [4.78, 5) is 54.2. The number of rotatable bonds is 14. The van der Waals surface area contributed by atoms with Gasteiger partial charge < -0.3 is 29.9 Å². The highest BCUT2D eigenvalue weighted by Crippen LogP contribution is 2.30. The van der Waals surface area contributed by atoms with Crippen molar-refractivity contribution in [2.24, 2.45) is 0 Å². The summed E-state index contributed by atoms with van der Waals surface area (Å²) in [5.74, 6) is -0.217. The third-order valence-electron chi connectivity index (χ3n) is 8.08. The van der Waals surface area contributed by atoms with E-state index in [2.05, 4.69) is 10.3 Å². The second-order valence-electron chi connectivity index (χ2n) is 11.2. The maximum absolute atomic E-state index is 13.9. The Kier molecular flexibility index (Phi) is 11.4. The lowest BCUT2D eigenvalue weighted by Gasteiger charge is -2.27. The van der Waals surface area contributed by atoms with Crippen molar-refractivity contribution in [1.82, 2.24) is 14.9 Å². The molecule has 12 heteroatoms. The molecule has 47 heavy (non-hydrogen) atoms. The van der Waals surface area contributed by atoms with Crippen molar-refractivity contribution in [2.45, 2.75) is 45.6 Å². The molecule has 0 radical (unpaired) electrons. The van der Waals surface area contributed by atoms with Crippen LogP contribution in [0.25, 0.3) is 0 Å². The Hall–Kier alpha value is -4.97. The monoisotopic (exact) mass is 656 g/mol. The van der Waals surface area contributed by atoms with Gasteiger partial charge in [0.1, 0.15) is 17.5 Å². The number of thiophene rings is 1. The van der Waals surface area contributed by atoms with Gasteiger partial charge in [-0.1, -0.05) is 48.5 Å². The summed E-state index contributed by atoms with van der Waals surface area (Å²) in [5.41, 5.74) is 2.18. The third kappa shape index (κ3) is 8.64. The Morgan fingerprint density at radius 3 is 2.34 bits per heavy atom. The van der Waals surface area contributed by atoms with Crippen LogP contribution in [-0.2, 0) is 17.6 Å². The Morgan fingerprint density at radius 2 is 1.70 bits per heavy atom. The normalized spacial score (nSPS) is 13.2. The summed E-state index contributed by atoms with van der Waals surface area (Å²) in [6.45, 7) is 6.99. The van der Waals surface area contributed by atoms with Gasteiger partial charge in [0, 0.05) is 39.1 Å². The van der Waals surface area contributed by atoms with E-state index in [9.17, 15) is 19.5 Å². The summed E-state index contributed by atoms with van der Waals surface area (Å²) in [7, 11) is 0. The smallest absolute Gasteiger partial charge is 0.415 e. The van der Waals surface area contributed by atoms with Crippen LogP contribution in [0, 0.1) is 0 Å². The quantitative estimate of drug-likeness (QED) is 0.169. The molecule has 0 bridgehead atoms. The second kappa shape index (κ2) is 16.0. The van der Waals surface area contributed by atoms with E-state index in [0.29, 0.717) is 61.4 Å². The lowest BCUT2D eigenvalue weighted by atomic mass is 10.1. The van der Waals surface area contributed by atoms with Crippen molar-refractivity contribution >= 4 is 46.8 Å². The Bertz CT molecular complexity index is 1620. The number of benzene rings is 2. The number of carbonyl (C=O) groups is 3. The molecule has 0 aliphatic carbocycles. The van der Waals surface area contributed by atoms with E-state index in [1.807, 2.05) is 60.5 Å². The van der Waals surface area contributed by atoms with Crippen LogP contribution in [-0.4, -0.2) is 76.7 Å². The van der Waals surface area contributed by atoms with E-state index in [1.54, 1.807) is 46.3 Å². The van der Waals surface area contributed by atoms with E-state index < -0.39 is 12.0 Å². The molecule has 0 unspecified atom stereocenters. The maximum atomic E-state index is 13.9. The first-order chi connectivity index (χ1) is 22.9. The van der Waals surface area contributed by atoms with E-state index in [4.69, 9.17) is 9.72 Å². The van der Waals surface area contributed by atoms with Crippen molar-refractivity contribution in [1.29, 1.82) is 0 Å². The largest absolute Gasteiger partial charge is 0.480 e. The number of anilines is 3. The highest BCUT2D eigenvalue weighted by Gasteiger charge is 2.27. The lowest BCUT2D eigenvalue weighted by Crippen LogP contribution is -2.37. The van der Waals surface area contributed by atoms with E-state index in [0.717, 1.165) is 24.0 Å². The second-order valence-corrected chi connectivity index (χ2v) is 12.1.